The fraction of sp³-hybridized carbons (Fsp3) is 0.188. The van der Waals surface area contributed by atoms with Gasteiger partial charge in [0.05, 0.1) is 16.1 Å². The summed E-state index contributed by atoms with van der Waals surface area (Å²) in [5.74, 6) is 0.482. The molecule has 0 aliphatic carbocycles. The normalized spacial score (nSPS) is 11.4. The third-order valence-corrected chi connectivity index (χ3v) is 3.73. The fourth-order valence-electron chi connectivity index (χ4n) is 2.54. The zero-order valence-electron chi connectivity index (χ0n) is 11.7. The Morgan fingerprint density at radius 1 is 1.05 bits per heavy atom. The molecule has 0 amide bonds. The molecule has 21 heavy (non-hydrogen) atoms. The van der Waals surface area contributed by atoms with E-state index in [1.807, 2.05) is 30.5 Å². The van der Waals surface area contributed by atoms with Crippen LogP contribution in [0.3, 0.4) is 0 Å². The van der Waals surface area contributed by atoms with E-state index in [-0.39, 0.29) is 17.5 Å². The average Bonchev–Trinajstić information content (AvgIpc) is 2.79. The largest absolute Gasteiger partial charge is 0.507 e. The molecule has 0 atom stereocenters. The van der Waals surface area contributed by atoms with Crippen molar-refractivity contribution in [3.05, 3.63) is 41.4 Å². The van der Waals surface area contributed by atoms with Crippen molar-refractivity contribution < 1.29 is 10.2 Å². The molecule has 2 N–H and O–H groups in total. The summed E-state index contributed by atoms with van der Waals surface area (Å²) in [4.78, 5) is 4.55. The molecule has 4 nitrogen and oxygen atoms in total. The first-order valence-electron chi connectivity index (χ1n) is 6.68. The number of benzene rings is 2. The maximum atomic E-state index is 10.1. The highest BCUT2D eigenvalue weighted by Gasteiger charge is 2.21. The average molecular weight is 303 g/mol. The molecule has 0 saturated heterocycles. The van der Waals surface area contributed by atoms with E-state index >= 15 is 0 Å². The van der Waals surface area contributed by atoms with Gasteiger partial charge in [0.25, 0.3) is 0 Å². The van der Waals surface area contributed by atoms with Gasteiger partial charge in [0.1, 0.15) is 22.9 Å². The van der Waals surface area contributed by atoms with E-state index < -0.39 is 0 Å². The third kappa shape index (κ3) is 2.12. The number of halogens is 1. The van der Waals surface area contributed by atoms with Crippen LogP contribution in [0.1, 0.15) is 19.9 Å². The van der Waals surface area contributed by atoms with Crippen molar-refractivity contribution in [1.29, 1.82) is 0 Å². The van der Waals surface area contributed by atoms with Gasteiger partial charge in [0, 0.05) is 6.04 Å². The van der Waals surface area contributed by atoms with Crippen LogP contribution in [0.25, 0.3) is 22.4 Å². The number of phenols is 2. The molecule has 1 heterocycles. The Morgan fingerprint density at radius 3 is 2.29 bits per heavy atom. The second kappa shape index (κ2) is 4.97. The number of aromatic hydroxyl groups is 2. The summed E-state index contributed by atoms with van der Waals surface area (Å²) in [5, 5.41) is 20.8. The van der Waals surface area contributed by atoms with Crippen LogP contribution in [0, 0.1) is 0 Å². The maximum absolute atomic E-state index is 10.1. The van der Waals surface area contributed by atoms with Crippen molar-refractivity contribution >= 4 is 22.6 Å². The van der Waals surface area contributed by atoms with Gasteiger partial charge in [0.2, 0.25) is 0 Å². The van der Waals surface area contributed by atoms with Gasteiger partial charge in [-0.2, -0.15) is 0 Å². The lowest BCUT2D eigenvalue weighted by Crippen LogP contribution is -2.03. The van der Waals surface area contributed by atoms with E-state index in [2.05, 4.69) is 4.98 Å². The number of nitrogens with zero attached hydrogens (tertiary/aromatic N) is 2. The monoisotopic (exact) mass is 302 g/mol. The molecule has 3 aromatic rings. The van der Waals surface area contributed by atoms with Gasteiger partial charge < -0.3 is 14.8 Å². The molecule has 0 aliphatic heterocycles. The zero-order valence-corrected chi connectivity index (χ0v) is 12.5. The van der Waals surface area contributed by atoms with Gasteiger partial charge in [0.15, 0.2) is 0 Å². The Labute approximate surface area is 127 Å². The topological polar surface area (TPSA) is 58.3 Å². The Bertz CT molecular complexity index is 804. The minimum atomic E-state index is -0.0108. The summed E-state index contributed by atoms with van der Waals surface area (Å²) in [6.45, 7) is 4.01. The molecule has 0 fully saturated rings. The van der Waals surface area contributed by atoms with E-state index in [0.29, 0.717) is 16.4 Å². The number of phenolic OH excluding ortho intramolecular Hbond substituents is 2. The Hall–Kier alpha value is -2.20. The maximum Gasteiger partial charge on any atom is 0.148 e. The number of aromatic nitrogens is 2. The van der Waals surface area contributed by atoms with E-state index in [1.165, 1.54) is 12.1 Å². The highest BCUT2D eigenvalue weighted by atomic mass is 35.5. The summed E-state index contributed by atoms with van der Waals surface area (Å²) in [7, 11) is 0. The Balaban J connectivity index is 2.43. The number of rotatable bonds is 2. The molecule has 0 radical (unpaired) electrons. The van der Waals surface area contributed by atoms with E-state index in [1.54, 1.807) is 12.1 Å². The van der Waals surface area contributed by atoms with Crippen LogP contribution in [-0.2, 0) is 0 Å². The summed E-state index contributed by atoms with van der Waals surface area (Å²) in [6, 6.07) is 10.2. The second-order valence-corrected chi connectivity index (χ2v) is 5.59. The molecule has 108 valence electrons. The van der Waals surface area contributed by atoms with Gasteiger partial charge in [-0.25, -0.2) is 4.98 Å². The smallest absolute Gasteiger partial charge is 0.148 e. The van der Waals surface area contributed by atoms with Crippen LogP contribution in [0.15, 0.2) is 36.4 Å². The molecule has 0 bridgehead atoms. The van der Waals surface area contributed by atoms with Crippen LogP contribution >= 0.6 is 11.6 Å². The van der Waals surface area contributed by atoms with Gasteiger partial charge in [-0.3, -0.25) is 0 Å². The van der Waals surface area contributed by atoms with Crippen molar-refractivity contribution in [3.63, 3.8) is 0 Å². The molecule has 0 aliphatic rings. The van der Waals surface area contributed by atoms with E-state index in [4.69, 9.17) is 11.6 Å². The summed E-state index contributed by atoms with van der Waals surface area (Å²) >= 11 is 6.30. The predicted molar refractivity (Wildman–Crippen MR) is 83.9 cm³/mol. The summed E-state index contributed by atoms with van der Waals surface area (Å²) < 4.78 is 1.92. The predicted octanol–water partition coefficient (Wildman–Crippen LogP) is 4.35. The first-order valence-corrected chi connectivity index (χ1v) is 7.06. The van der Waals surface area contributed by atoms with Crippen LogP contribution in [0.4, 0.5) is 0 Å². The molecule has 2 aromatic carbocycles. The zero-order chi connectivity index (χ0) is 15.1. The molecule has 5 heteroatoms. The van der Waals surface area contributed by atoms with Gasteiger partial charge in [-0.05, 0) is 38.1 Å². The fourth-order valence-corrected chi connectivity index (χ4v) is 2.80. The SMILES string of the molecule is CC(C)n1c(-c2c(O)cccc2O)nc2cccc(Cl)c21. The number of imidazole rings is 1. The van der Waals surface area contributed by atoms with Crippen molar-refractivity contribution in [2.24, 2.45) is 0 Å². The standard InChI is InChI=1S/C16H15ClN2O2/c1-9(2)19-15-10(17)5-3-6-11(15)18-16(19)14-12(20)7-4-8-13(14)21/h3-9,20-21H,1-2H3. The highest BCUT2D eigenvalue weighted by Crippen LogP contribution is 2.40. The molecule has 0 spiro atoms. The van der Waals surface area contributed by atoms with Gasteiger partial charge >= 0.3 is 0 Å². The molecule has 0 unspecified atom stereocenters. The molecular weight excluding hydrogens is 288 g/mol. The number of hydrogen-bond donors (Lipinski definition) is 2. The van der Waals surface area contributed by atoms with Gasteiger partial charge in [-0.1, -0.05) is 23.7 Å². The van der Waals surface area contributed by atoms with Crippen molar-refractivity contribution in [1.82, 2.24) is 9.55 Å². The molecule has 1 aromatic heterocycles. The minimum Gasteiger partial charge on any atom is -0.507 e. The number of para-hydroxylation sites is 1. The third-order valence-electron chi connectivity index (χ3n) is 3.42. The van der Waals surface area contributed by atoms with Crippen LogP contribution in [0.2, 0.25) is 5.02 Å². The second-order valence-electron chi connectivity index (χ2n) is 5.18. The number of hydrogen-bond acceptors (Lipinski definition) is 3. The first kappa shape index (κ1) is 13.8. The summed E-state index contributed by atoms with van der Waals surface area (Å²) in [5.41, 5.74) is 1.85. The van der Waals surface area contributed by atoms with E-state index in [9.17, 15) is 10.2 Å². The number of fused-ring (bicyclic) bond motifs is 1. The molecule has 3 rings (SSSR count). The highest BCUT2D eigenvalue weighted by molar-refractivity contribution is 6.35. The summed E-state index contributed by atoms with van der Waals surface area (Å²) in [6.07, 6.45) is 0. The van der Waals surface area contributed by atoms with Crippen molar-refractivity contribution in [3.8, 4) is 22.9 Å². The minimum absolute atomic E-state index is 0.0108. The Kier molecular flexibility index (Phi) is 3.26. The van der Waals surface area contributed by atoms with E-state index in [0.717, 1.165) is 11.0 Å². The first-order chi connectivity index (χ1) is 10.0. The van der Waals surface area contributed by atoms with Crippen LogP contribution in [0.5, 0.6) is 11.5 Å². The molecule has 0 saturated carbocycles. The molecular formula is C16H15ClN2O2. The lowest BCUT2D eigenvalue weighted by molar-refractivity contribution is 0.452. The van der Waals surface area contributed by atoms with Crippen molar-refractivity contribution in [2.45, 2.75) is 19.9 Å². The Morgan fingerprint density at radius 2 is 1.67 bits per heavy atom. The van der Waals surface area contributed by atoms with Crippen LogP contribution in [-0.4, -0.2) is 19.8 Å². The quantitative estimate of drug-likeness (QED) is 0.740. The van der Waals surface area contributed by atoms with Crippen molar-refractivity contribution in [2.75, 3.05) is 0 Å². The lowest BCUT2D eigenvalue weighted by atomic mass is 10.1. The van der Waals surface area contributed by atoms with Gasteiger partial charge in [-0.15, -0.1) is 0 Å². The van der Waals surface area contributed by atoms with Crippen LogP contribution < -0.4 is 0 Å². The lowest BCUT2D eigenvalue weighted by Gasteiger charge is -2.15.